The van der Waals surface area contributed by atoms with E-state index in [0.717, 1.165) is 10.4 Å². The zero-order valence-electron chi connectivity index (χ0n) is 6.75. The summed E-state index contributed by atoms with van der Waals surface area (Å²) in [5.74, 6) is -0.508. The molecule has 1 amide bonds. The highest BCUT2D eigenvalue weighted by Crippen LogP contribution is 2.20. The van der Waals surface area contributed by atoms with Gasteiger partial charge in [0.2, 0.25) is 6.08 Å². The maximum Gasteiger partial charge on any atom is 0.288 e. The molecule has 0 saturated heterocycles. The van der Waals surface area contributed by atoms with Crippen LogP contribution < -0.4 is 0 Å². The van der Waals surface area contributed by atoms with E-state index in [2.05, 4.69) is 4.99 Å². The highest BCUT2D eigenvalue weighted by Gasteiger charge is 2.10. The molecule has 1 rings (SSSR count). The Morgan fingerprint density at radius 2 is 2.25 bits per heavy atom. The van der Waals surface area contributed by atoms with Crippen molar-refractivity contribution in [2.24, 2.45) is 4.99 Å². The van der Waals surface area contributed by atoms with E-state index < -0.39 is 5.91 Å². The molecule has 0 atom stereocenters. The molecule has 4 heteroatoms. The Labute approximate surface area is 73.7 Å². The number of aliphatic imine (C=N–C) groups is 1. The number of carbonyl (C=O) groups is 1. The SMILES string of the molecule is Cc1scc(C(=O)N=C=O)c1C. The summed E-state index contributed by atoms with van der Waals surface area (Å²) in [6.45, 7) is 3.75. The van der Waals surface area contributed by atoms with E-state index in [0.29, 0.717) is 5.56 Å². The average molecular weight is 181 g/mol. The summed E-state index contributed by atoms with van der Waals surface area (Å²) < 4.78 is 0. The summed E-state index contributed by atoms with van der Waals surface area (Å²) in [5.41, 5.74) is 1.39. The van der Waals surface area contributed by atoms with Gasteiger partial charge in [-0.1, -0.05) is 0 Å². The Bertz CT molecular complexity index is 361. The van der Waals surface area contributed by atoms with E-state index in [-0.39, 0.29) is 0 Å². The van der Waals surface area contributed by atoms with Crippen LogP contribution in [0.5, 0.6) is 0 Å². The summed E-state index contributed by atoms with van der Waals surface area (Å²) in [4.78, 5) is 25.0. The van der Waals surface area contributed by atoms with Crippen LogP contribution in [0.1, 0.15) is 20.8 Å². The van der Waals surface area contributed by atoms with E-state index in [1.54, 1.807) is 5.38 Å². The van der Waals surface area contributed by atoms with Gasteiger partial charge in [0.15, 0.2) is 0 Å². The van der Waals surface area contributed by atoms with Crippen LogP contribution in [-0.2, 0) is 4.79 Å². The Morgan fingerprint density at radius 3 is 2.67 bits per heavy atom. The molecule has 1 aromatic rings. The van der Waals surface area contributed by atoms with E-state index >= 15 is 0 Å². The second-order valence-electron chi connectivity index (χ2n) is 2.34. The summed E-state index contributed by atoms with van der Waals surface area (Å²) in [6.07, 6.45) is 1.23. The zero-order valence-corrected chi connectivity index (χ0v) is 7.57. The number of hydrogen-bond donors (Lipinski definition) is 0. The molecule has 62 valence electrons. The molecule has 0 spiro atoms. The van der Waals surface area contributed by atoms with Gasteiger partial charge in [0.1, 0.15) is 0 Å². The van der Waals surface area contributed by atoms with Crippen molar-refractivity contribution in [2.75, 3.05) is 0 Å². The Kier molecular flexibility index (Phi) is 2.53. The molecule has 0 aromatic carbocycles. The fraction of sp³-hybridized carbons (Fsp3) is 0.250. The van der Waals surface area contributed by atoms with Gasteiger partial charge in [-0.2, -0.15) is 0 Å². The van der Waals surface area contributed by atoms with E-state index in [4.69, 9.17) is 0 Å². The lowest BCUT2D eigenvalue weighted by atomic mass is 10.2. The number of hydrogen-bond acceptors (Lipinski definition) is 3. The first-order valence-electron chi connectivity index (χ1n) is 3.33. The Balaban J connectivity index is 3.11. The van der Waals surface area contributed by atoms with Crippen LogP contribution in [0, 0.1) is 13.8 Å². The van der Waals surface area contributed by atoms with Gasteiger partial charge in [0.25, 0.3) is 5.91 Å². The number of thiophene rings is 1. The van der Waals surface area contributed by atoms with Gasteiger partial charge in [-0.25, -0.2) is 4.79 Å². The normalized spacial score (nSPS) is 9.17. The molecule has 0 unspecified atom stereocenters. The maximum atomic E-state index is 11.1. The van der Waals surface area contributed by atoms with Crippen LogP contribution >= 0.6 is 11.3 Å². The molecule has 0 aliphatic carbocycles. The lowest BCUT2D eigenvalue weighted by Crippen LogP contribution is -1.94. The van der Waals surface area contributed by atoms with Gasteiger partial charge in [-0.05, 0) is 19.4 Å². The van der Waals surface area contributed by atoms with Crippen LogP contribution in [0.4, 0.5) is 0 Å². The van der Waals surface area contributed by atoms with Crippen molar-refractivity contribution in [3.8, 4) is 0 Å². The van der Waals surface area contributed by atoms with Crippen LogP contribution in [0.3, 0.4) is 0 Å². The molecule has 0 fully saturated rings. The number of rotatable bonds is 1. The largest absolute Gasteiger partial charge is 0.288 e. The van der Waals surface area contributed by atoms with Gasteiger partial charge >= 0.3 is 0 Å². The summed E-state index contributed by atoms with van der Waals surface area (Å²) in [5, 5.41) is 1.70. The van der Waals surface area contributed by atoms with Crippen LogP contribution in [0.25, 0.3) is 0 Å². The monoisotopic (exact) mass is 181 g/mol. The molecule has 3 nitrogen and oxygen atoms in total. The molecule has 1 heterocycles. The molecule has 0 aliphatic heterocycles. The summed E-state index contributed by atoms with van der Waals surface area (Å²) in [6, 6.07) is 0. The van der Waals surface area contributed by atoms with Crippen molar-refractivity contribution in [1.82, 2.24) is 0 Å². The second-order valence-corrected chi connectivity index (χ2v) is 3.42. The molecule has 0 N–H and O–H groups in total. The van der Waals surface area contributed by atoms with Crippen LogP contribution in [0.15, 0.2) is 10.4 Å². The number of amides is 1. The Morgan fingerprint density at radius 1 is 1.58 bits per heavy atom. The van der Waals surface area contributed by atoms with Gasteiger partial charge in [-0.15, -0.1) is 16.3 Å². The fourth-order valence-corrected chi connectivity index (χ4v) is 1.69. The van der Waals surface area contributed by atoms with Crippen molar-refractivity contribution in [3.05, 3.63) is 21.4 Å². The maximum absolute atomic E-state index is 11.1. The van der Waals surface area contributed by atoms with E-state index in [1.807, 2.05) is 13.8 Å². The zero-order chi connectivity index (χ0) is 9.14. The molecule has 12 heavy (non-hydrogen) atoms. The van der Waals surface area contributed by atoms with Crippen molar-refractivity contribution < 1.29 is 9.59 Å². The third-order valence-corrected chi connectivity index (χ3v) is 2.68. The number of nitrogens with zero attached hydrogens (tertiary/aromatic N) is 1. The van der Waals surface area contributed by atoms with E-state index in [1.165, 1.54) is 17.4 Å². The lowest BCUT2D eigenvalue weighted by Gasteiger charge is -1.90. The molecular formula is C8H7NO2S. The third kappa shape index (κ3) is 1.49. The Hall–Kier alpha value is -1.25. The first-order valence-corrected chi connectivity index (χ1v) is 4.21. The van der Waals surface area contributed by atoms with E-state index in [9.17, 15) is 9.59 Å². The molecule has 0 radical (unpaired) electrons. The number of carbonyl (C=O) groups excluding carboxylic acids is 2. The summed E-state index contributed by atoms with van der Waals surface area (Å²) in [7, 11) is 0. The quantitative estimate of drug-likeness (QED) is 0.490. The van der Waals surface area contributed by atoms with Gasteiger partial charge in [0, 0.05) is 10.3 Å². The highest BCUT2D eigenvalue weighted by atomic mass is 32.1. The predicted molar refractivity (Wildman–Crippen MR) is 46.2 cm³/mol. The lowest BCUT2D eigenvalue weighted by molar-refractivity contribution is 0.100. The van der Waals surface area contributed by atoms with Gasteiger partial charge in [-0.3, -0.25) is 4.79 Å². The number of isocyanates is 1. The third-order valence-electron chi connectivity index (χ3n) is 1.66. The van der Waals surface area contributed by atoms with Gasteiger partial charge in [0.05, 0.1) is 5.56 Å². The first kappa shape index (κ1) is 8.84. The van der Waals surface area contributed by atoms with Crippen molar-refractivity contribution >= 4 is 23.3 Å². The number of aryl methyl sites for hydroxylation is 1. The molecular weight excluding hydrogens is 174 g/mol. The topological polar surface area (TPSA) is 46.5 Å². The average Bonchev–Trinajstić information content (AvgIpc) is 2.34. The fourth-order valence-electron chi connectivity index (χ4n) is 0.826. The van der Waals surface area contributed by atoms with Crippen LogP contribution in [0.2, 0.25) is 0 Å². The highest BCUT2D eigenvalue weighted by molar-refractivity contribution is 7.10. The second kappa shape index (κ2) is 3.43. The smallest absolute Gasteiger partial charge is 0.266 e. The predicted octanol–water partition coefficient (Wildman–Crippen LogP) is 1.84. The molecule has 0 saturated carbocycles. The van der Waals surface area contributed by atoms with Crippen molar-refractivity contribution in [3.63, 3.8) is 0 Å². The van der Waals surface area contributed by atoms with Gasteiger partial charge < -0.3 is 0 Å². The minimum absolute atomic E-state index is 0.501. The molecule has 0 bridgehead atoms. The molecule has 1 aromatic heterocycles. The minimum atomic E-state index is -0.508. The van der Waals surface area contributed by atoms with Crippen LogP contribution in [-0.4, -0.2) is 12.0 Å². The minimum Gasteiger partial charge on any atom is -0.266 e. The van der Waals surface area contributed by atoms with Crippen molar-refractivity contribution in [1.29, 1.82) is 0 Å². The molecule has 0 aliphatic rings. The first-order chi connectivity index (χ1) is 5.66. The summed E-state index contributed by atoms with van der Waals surface area (Å²) >= 11 is 1.47. The van der Waals surface area contributed by atoms with Crippen molar-refractivity contribution in [2.45, 2.75) is 13.8 Å². The standard InChI is InChI=1S/C8H7NO2S/c1-5-6(2)12-3-7(5)8(11)9-4-10/h3H,1-2H3.